The SMILES string of the molecule is CC(C)OCCOCc1cccc(NC(=O)C(N)C2CCOCC2)c1.Cl. The van der Waals surface area contributed by atoms with E-state index in [9.17, 15) is 4.79 Å². The Morgan fingerprint density at radius 2 is 2.04 bits per heavy atom. The number of anilines is 1. The van der Waals surface area contributed by atoms with Crippen LogP contribution in [0.5, 0.6) is 0 Å². The monoisotopic (exact) mass is 386 g/mol. The Balaban J connectivity index is 0.00000338. The molecule has 0 bridgehead atoms. The Kier molecular flexibility index (Phi) is 10.8. The van der Waals surface area contributed by atoms with Crippen molar-refractivity contribution < 1.29 is 19.0 Å². The lowest BCUT2D eigenvalue weighted by Crippen LogP contribution is -2.44. The van der Waals surface area contributed by atoms with E-state index in [1.807, 2.05) is 38.1 Å². The highest BCUT2D eigenvalue weighted by atomic mass is 35.5. The summed E-state index contributed by atoms with van der Waals surface area (Å²) in [5, 5.41) is 2.91. The number of halogens is 1. The van der Waals surface area contributed by atoms with Crippen LogP contribution in [0.4, 0.5) is 5.69 Å². The Morgan fingerprint density at radius 1 is 1.31 bits per heavy atom. The summed E-state index contributed by atoms with van der Waals surface area (Å²) in [5.74, 6) is 0.0384. The minimum absolute atomic E-state index is 0. The maximum atomic E-state index is 12.4. The fourth-order valence-electron chi connectivity index (χ4n) is 2.79. The van der Waals surface area contributed by atoms with Crippen molar-refractivity contribution in [2.24, 2.45) is 11.7 Å². The molecular formula is C19H31ClN2O4. The van der Waals surface area contributed by atoms with Gasteiger partial charge in [0.25, 0.3) is 0 Å². The smallest absolute Gasteiger partial charge is 0.241 e. The summed E-state index contributed by atoms with van der Waals surface area (Å²) in [6, 6.07) is 7.14. The molecule has 0 saturated carbocycles. The summed E-state index contributed by atoms with van der Waals surface area (Å²) in [6.45, 7) is 6.96. The first-order chi connectivity index (χ1) is 12.1. The van der Waals surface area contributed by atoms with Gasteiger partial charge in [0.2, 0.25) is 5.91 Å². The minimum Gasteiger partial charge on any atom is -0.381 e. The third-order valence-corrected chi connectivity index (χ3v) is 4.22. The molecule has 6 nitrogen and oxygen atoms in total. The van der Waals surface area contributed by atoms with Crippen molar-refractivity contribution in [3.8, 4) is 0 Å². The van der Waals surface area contributed by atoms with Crippen LogP contribution in [0.2, 0.25) is 0 Å². The lowest BCUT2D eigenvalue weighted by atomic mass is 9.92. The molecule has 1 atom stereocenters. The van der Waals surface area contributed by atoms with Crippen molar-refractivity contribution in [2.75, 3.05) is 31.7 Å². The molecule has 1 aromatic rings. The summed E-state index contributed by atoms with van der Waals surface area (Å²) in [5.41, 5.74) is 7.85. The Hall–Kier alpha value is -1.18. The molecule has 26 heavy (non-hydrogen) atoms. The van der Waals surface area contributed by atoms with Gasteiger partial charge in [0, 0.05) is 18.9 Å². The predicted octanol–water partition coefficient (Wildman–Crippen LogP) is 2.74. The third kappa shape index (κ3) is 8.01. The fraction of sp³-hybridized carbons (Fsp3) is 0.632. The number of nitrogens with one attached hydrogen (secondary N) is 1. The van der Waals surface area contributed by atoms with Crippen LogP contribution >= 0.6 is 12.4 Å². The van der Waals surface area contributed by atoms with E-state index in [4.69, 9.17) is 19.9 Å². The van der Waals surface area contributed by atoms with Crippen LogP contribution in [0.15, 0.2) is 24.3 Å². The van der Waals surface area contributed by atoms with Crippen LogP contribution in [0.25, 0.3) is 0 Å². The molecule has 1 saturated heterocycles. The Morgan fingerprint density at radius 3 is 2.73 bits per heavy atom. The molecule has 1 amide bonds. The zero-order valence-corrected chi connectivity index (χ0v) is 16.4. The second-order valence-corrected chi connectivity index (χ2v) is 6.64. The minimum atomic E-state index is -0.503. The lowest BCUT2D eigenvalue weighted by molar-refractivity contribution is -0.119. The van der Waals surface area contributed by atoms with Gasteiger partial charge < -0.3 is 25.3 Å². The van der Waals surface area contributed by atoms with Gasteiger partial charge >= 0.3 is 0 Å². The number of nitrogens with two attached hydrogens (primary N) is 1. The highest BCUT2D eigenvalue weighted by Gasteiger charge is 2.26. The van der Waals surface area contributed by atoms with Gasteiger partial charge in [-0.1, -0.05) is 12.1 Å². The van der Waals surface area contributed by atoms with Gasteiger partial charge in [0.15, 0.2) is 0 Å². The summed E-state index contributed by atoms with van der Waals surface area (Å²) in [6.07, 6.45) is 1.88. The first kappa shape index (κ1) is 22.9. The maximum absolute atomic E-state index is 12.4. The molecule has 1 heterocycles. The molecule has 2 rings (SSSR count). The number of carbonyl (C=O) groups is 1. The zero-order valence-electron chi connectivity index (χ0n) is 15.6. The van der Waals surface area contributed by atoms with Gasteiger partial charge in [-0.25, -0.2) is 0 Å². The quantitative estimate of drug-likeness (QED) is 0.637. The predicted molar refractivity (Wildman–Crippen MR) is 105 cm³/mol. The molecule has 1 unspecified atom stereocenters. The van der Waals surface area contributed by atoms with Crippen molar-refractivity contribution >= 4 is 24.0 Å². The van der Waals surface area contributed by atoms with Crippen LogP contribution in [0.3, 0.4) is 0 Å². The topological polar surface area (TPSA) is 82.8 Å². The van der Waals surface area contributed by atoms with Crippen LogP contribution in [0.1, 0.15) is 32.3 Å². The highest BCUT2D eigenvalue weighted by Crippen LogP contribution is 2.19. The molecule has 3 N–H and O–H groups in total. The highest BCUT2D eigenvalue weighted by molar-refractivity contribution is 5.94. The number of benzene rings is 1. The van der Waals surface area contributed by atoms with Gasteiger partial charge in [-0.2, -0.15) is 0 Å². The number of rotatable bonds is 9. The standard InChI is InChI=1S/C19H30N2O4.ClH/c1-14(2)25-11-10-24-13-15-4-3-5-17(12-15)21-19(22)18(20)16-6-8-23-9-7-16;/h3-5,12,14,16,18H,6-11,13,20H2,1-2H3,(H,21,22);1H. The van der Waals surface area contributed by atoms with Crippen molar-refractivity contribution in [1.82, 2.24) is 0 Å². The lowest BCUT2D eigenvalue weighted by Gasteiger charge is -2.26. The van der Waals surface area contributed by atoms with Gasteiger partial charge in [-0.15, -0.1) is 12.4 Å². The second kappa shape index (κ2) is 12.3. The van der Waals surface area contributed by atoms with Crippen molar-refractivity contribution in [2.45, 2.75) is 45.4 Å². The van der Waals surface area contributed by atoms with Crippen LogP contribution < -0.4 is 11.1 Å². The molecule has 1 aliphatic rings. The molecule has 0 radical (unpaired) electrons. The third-order valence-electron chi connectivity index (χ3n) is 4.22. The van der Waals surface area contributed by atoms with Crippen molar-refractivity contribution in [3.05, 3.63) is 29.8 Å². The van der Waals surface area contributed by atoms with Gasteiger partial charge in [-0.3, -0.25) is 4.79 Å². The van der Waals surface area contributed by atoms with Crippen LogP contribution in [-0.4, -0.2) is 44.5 Å². The molecule has 1 aromatic carbocycles. The molecule has 7 heteroatoms. The molecule has 0 spiro atoms. The number of carbonyl (C=O) groups excluding carboxylic acids is 1. The van der Waals surface area contributed by atoms with E-state index in [1.165, 1.54) is 0 Å². The van der Waals surface area contributed by atoms with E-state index in [2.05, 4.69) is 5.32 Å². The molecular weight excluding hydrogens is 356 g/mol. The van der Waals surface area contributed by atoms with Crippen LogP contribution in [-0.2, 0) is 25.6 Å². The van der Waals surface area contributed by atoms with Gasteiger partial charge in [0.05, 0.1) is 32.0 Å². The van der Waals surface area contributed by atoms with E-state index in [1.54, 1.807) is 0 Å². The molecule has 0 aliphatic carbocycles. The van der Waals surface area contributed by atoms with E-state index in [0.29, 0.717) is 33.0 Å². The van der Waals surface area contributed by atoms with Crippen molar-refractivity contribution in [3.63, 3.8) is 0 Å². The maximum Gasteiger partial charge on any atom is 0.241 e. The molecule has 1 fully saturated rings. The van der Waals surface area contributed by atoms with E-state index >= 15 is 0 Å². The largest absolute Gasteiger partial charge is 0.381 e. The first-order valence-electron chi connectivity index (χ1n) is 8.98. The summed E-state index contributed by atoms with van der Waals surface area (Å²) >= 11 is 0. The molecule has 0 aromatic heterocycles. The summed E-state index contributed by atoms with van der Waals surface area (Å²) in [7, 11) is 0. The fourth-order valence-corrected chi connectivity index (χ4v) is 2.79. The Labute approximate surface area is 162 Å². The van der Waals surface area contributed by atoms with Crippen LogP contribution in [0, 0.1) is 5.92 Å². The average molecular weight is 387 g/mol. The van der Waals surface area contributed by atoms with E-state index in [0.717, 1.165) is 24.1 Å². The molecule has 1 aliphatic heterocycles. The number of ether oxygens (including phenoxy) is 3. The molecule has 148 valence electrons. The summed E-state index contributed by atoms with van der Waals surface area (Å²) < 4.78 is 16.4. The van der Waals surface area contributed by atoms with Gasteiger partial charge in [0.1, 0.15) is 0 Å². The number of amides is 1. The normalized spacial score (nSPS) is 16.2. The number of hydrogen-bond acceptors (Lipinski definition) is 5. The zero-order chi connectivity index (χ0) is 18.1. The van der Waals surface area contributed by atoms with E-state index < -0.39 is 6.04 Å². The number of hydrogen-bond donors (Lipinski definition) is 2. The average Bonchev–Trinajstić information content (AvgIpc) is 2.61. The van der Waals surface area contributed by atoms with Crippen molar-refractivity contribution in [1.29, 1.82) is 0 Å². The van der Waals surface area contributed by atoms with Gasteiger partial charge in [-0.05, 0) is 50.3 Å². The summed E-state index contributed by atoms with van der Waals surface area (Å²) in [4.78, 5) is 12.4. The Bertz CT molecular complexity index is 536. The van der Waals surface area contributed by atoms with E-state index in [-0.39, 0.29) is 30.3 Å². The first-order valence-corrected chi connectivity index (χ1v) is 8.98. The second-order valence-electron chi connectivity index (χ2n) is 6.64.